The zero-order valence-electron chi connectivity index (χ0n) is 12.9. The van der Waals surface area contributed by atoms with E-state index >= 15 is 0 Å². The van der Waals surface area contributed by atoms with Gasteiger partial charge < -0.3 is 15.1 Å². The van der Waals surface area contributed by atoms with Crippen LogP contribution >= 0.6 is 0 Å². The number of aromatic amines is 1. The van der Waals surface area contributed by atoms with Crippen molar-refractivity contribution in [3.05, 3.63) is 17.0 Å². The Morgan fingerprint density at radius 1 is 1.38 bits per heavy atom. The van der Waals surface area contributed by atoms with Crippen molar-refractivity contribution in [2.75, 3.05) is 33.2 Å². The Morgan fingerprint density at radius 3 is 2.71 bits per heavy atom. The van der Waals surface area contributed by atoms with Crippen molar-refractivity contribution in [1.29, 1.82) is 0 Å². The Bertz CT molecular complexity index is 506. The summed E-state index contributed by atoms with van der Waals surface area (Å²) in [6.45, 7) is 6.05. The normalized spacial score (nSPS) is 14.9. The third-order valence-electron chi connectivity index (χ3n) is 3.84. The van der Waals surface area contributed by atoms with Gasteiger partial charge in [0.2, 0.25) is 5.91 Å². The first-order chi connectivity index (χ1) is 9.99. The molecule has 7 heteroatoms. The fraction of sp³-hybridized carbons (Fsp3) is 0.643. The predicted octanol–water partition coefficient (Wildman–Crippen LogP) is 0.443. The minimum Gasteiger partial charge on any atom is -0.355 e. The molecule has 21 heavy (non-hydrogen) atoms. The number of carbonyl (C=O) groups excluding carboxylic acids is 2. The zero-order chi connectivity index (χ0) is 15.4. The summed E-state index contributed by atoms with van der Waals surface area (Å²) in [7, 11) is 1.75. The largest absolute Gasteiger partial charge is 0.355 e. The van der Waals surface area contributed by atoms with E-state index in [0.717, 1.165) is 24.2 Å². The van der Waals surface area contributed by atoms with Crippen molar-refractivity contribution in [2.45, 2.75) is 26.7 Å². The summed E-state index contributed by atoms with van der Waals surface area (Å²) in [6, 6.07) is -0.0743. The Hall–Kier alpha value is -2.05. The van der Waals surface area contributed by atoms with E-state index in [1.54, 1.807) is 16.8 Å². The van der Waals surface area contributed by atoms with Gasteiger partial charge in [0.1, 0.15) is 6.54 Å². The molecule has 0 radical (unpaired) electrons. The predicted molar refractivity (Wildman–Crippen MR) is 79.0 cm³/mol. The quantitative estimate of drug-likeness (QED) is 0.747. The lowest BCUT2D eigenvalue weighted by atomic mass is 10.1. The molecule has 1 aliphatic heterocycles. The molecule has 0 bridgehead atoms. The van der Waals surface area contributed by atoms with Crippen LogP contribution in [-0.4, -0.2) is 65.2 Å². The van der Waals surface area contributed by atoms with E-state index in [1.807, 2.05) is 13.8 Å². The molecule has 1 aliphatic rings. The molecule has 0 spiro atoms. The summed E-state index contributed by atoms with van der Waals surface area (Å²) in [4.78, 5) is 26.7. The summed E-state index contributed by atoms with van der Waals surface area (Å²) in [6.07, 6.45) is 1.75. The van der Waals surface area contributed by atoms with Crippen molar-refractivity contribution in [3.8, 4) is 0 Å². The summed E-state index contributed by atoms with van der Waals surface area (Å²) in [5.41, 5.74) is 3.33. The summed E-state index contributed by atoms with van der Waals surface area (Å²) in [5.74, 6) is -0.0979. The standard InChI is InChI=1S/C14H23N5O2/c1-10-12(11(2)17-16-10)5-4-6-15-13(20)9-19-8-7-18(3)14(19)21/h4-9H2,1-3H3,(H,15,20)(H,16,17). The third kappa shape index (κ3) is 3.74. The maximum atomic E-state index is 11.8. The van der Waals surface area contributed by atoms with Gasteiger partial charge in [-0.3, -0.25) is 9.89 Å². The van der Waals surface area contributed by atoms with Gasteiger partial charge >= 0.3 is 6.03 Å². The molecule has 1 saturated heterocycles. The van der Waals surface area contributed by atoms with Gasteiger partial charge in [0, 0.05) is 32.4 Å². The number of H-pyrrole nitrogens is 1. The second-order valence-corrected chi connectivity index (χ2v) is 5.49. The highest BCUT2D eigenvalue weighted by Gasteiger charge is 2.26. The molecule has 116 valence electrons. The first-order valence-electron chi connectivity index (χ1n) is 7.26. The molecular formula is C14H23N5O2. The fourth-order valence-electron chi connectivity index (χ4n) is 2.51. The van der Waals surface area contributed by atoms with Crippen LogP contribution in [0.5, 0.6) is 0 Å². The number of hydrogen-bond acceptors (Lipinski definition) is 3. The van der Waals surface area contributed by atoms with Gasteiger partial charge in [0.05, 0.1) is 5.69 Å². The number of hydrogen-bond donors (Lipinski definition) is 2. The number of rotatable bonds is 6. The van der Waals surface area contributed by atoms with Crippen molar-refractivity contribution >= 4 is 11.9 Å². The smallest absolute Gasteiger partial charge is 0.320 e. The van der Waals surface area contributed by atoms with Crippen LogP contribution in [0.25, 0.3) is 0 Å². The number of nitrogens with zero attached hydrogens (tertiary/aromatic N) is 3. The highest BCUT2D eigenvalue weighted by molar-refractivity contribution is 5.84. The average molecular weight is 293 g/mol. The van der Waals surface area contributed by atoms with Crippen molar-refractivity contribution < 1.29 is 9.59 Å². The van der Waals surface area contributed by atoms with Crippen LogP contribution in [0, 0.1) is 13.8 Å². The van der Waals surface area contributed by atoms with Gasteiger partial charge in [0.25, 0.3) is 0 Å². The fourth-order valence-corrected chi connectivity index (χ4v) is 2.51. The maximum Gasteiger partial charge on any atom is 0.320 e. The van der Waals surface area contributed by atoms with Crippen LogP contribution in [0.4, 0.5) is 4.79 Å². The lowest BCUT2D eigenvalue weighted by Crippen LogP contribution is -2.39. The molecule has 2 heterocycles. The van der Waals surface area contributed by atoms with E-state index in [-0.39, 0.29) is 18.5 Å². The number of urea groups is 1. The molecule has 0 atom stereocenters. The third-order valence-corrected chi connectivity index (χ3v) is 3.84. The van der Waals surface area contributed by atoms with E-state index in [1.165, 1.54) is 5.56 Å². The number of aryl methyl sites for hydroxylation is 2. The van der Waals surface area contributed by atoms with Crippen LogP contribution in [0.3, 0.4) is 0 Å². The lowest BCUT2D eigenvalue weighted by molar-refractivity contribution is -0.121. The van der Waals surface area contributed by atoms with Crippen molar-refractivity contribution in [2.24, 2.45) is 0 Å². The first kappa shape index (κ1) is 15.3. The molecule has 0 aliphatic carbocycles. The van der Waals surface area contributed by atoms with E-state index in [2.05, 4.69) is 15.5 Å². The molecule has 0 aromatic carbocycles. The number of carbonyl (C=O) groups is 2. The molecule has 0 saturated carbocycles. The van der Waals surface area contributed by atoms with Gasteiger partial charge in [-0.1, -0.05) is 0 Å². The molecule has 1 aromatic rings. The SMILES string of the molecule is Cc1n[nH]c(C)c1CCCNC(=O)CN1CCN(C)C1=O. The van der Waals surface area contributed by atoms with Gasteiger partial charge in [0.15, 0.2) is 0 Å². The summed E-state index contributed by atoms with van der Waals surface area (Å²) in [5, 5.41) is 9.97. The van der Waals surface area contributed by atoms with Crippen LogP contribution in [0.1, 0.15) is 23.4 Å². The summed E-state index contributed by atoms with van der Waals surface area (Å²) < 4.78 is 0. The maximum absolute atomic E-state index is 11.8. The highest BCUT2D eigenvalue weighted by Crippen LogP contribution is 2.11. The number of aromatic nitrogens is 2. The highest BCUT2D eigenvalue weighted by atomic mass is 16.2. The second-order valence-electron chi connectivity index (χ2n) is 5.49. The minimum atomic E-state index is -0.0979. The molecule has 1 fully saturated rings. The molecule has 1 aromatic heterocycles. The monoisotopic (exact) mass is 293 g/mol. The van der Waals surface area contributed by atoms with Crippen LogP contribution in [-0.2, 0) is 11.2 Å². The van der Waals surface area contributed by atoms with E-state index in [0.29, 0.717) is 19.6 Å². The van der Waals surface area contributed by atoms with Crippen LogP contribution in [0.15, 0.2) is 0 Å². The average Bonchev–Trinajstić information content (AvgIpc) is 2.93. The Kier molecular flexibility index (Phi) is 4.82. The Morgan fingerprint density at radius 2 is 2.14 bits per heavy atom. The molecule has 2 rings (SSSR count). The molecule has 0 unspecified atom stereocenters. The van der Waals surface area contributed by atoms with Gasteiger partial charge in [-0.2, -0.15) is 5.10 Å². The number of likely N-dealkylation sites (N-methyl/N-ethyl adjacent to an activating group) is 1. The second kappa shape index (κ2) is 6.60. The van der Waals surface area contributed by atoms with Crippen molar-refractivity contribution in [3.63, 3.8) is 0 Å². The molecular weight excluding hydrogens is 270 g/mol. The zero-order valence-corrected chi connectivity index (χ0v) is 12.9. The van der Waals surface area contributed by atoms with E-state index in [9.17, 15) is 9.59 Å². The van der Waals surface area contributed by atoms with Gasteiger partial charge in [-0.15, -0.1) is 0 Å². The van der Waals surface area contributed by atoms with Crippen LogP contribution < -0.4 is 5.32 Å². The number of amides is 3. The molecule has 7 nitrogen and oxygen atoms in total. The van der Waals surface area contributed by atoms with Crippen molar-refractivity contribution in [1.82, 2.24) is 25.3 Å². The van der Waals surface area contributed by atoms with E-state index < -0.39 is 0 Å². The Labute approximate surface area is 124 Å². The number of nitrogens with one attached hydrogen (secondary N) is 2. The minimum absolute atomic E-state index is 0.0743. The topological polar surface area (TPSA) is 81.3 Å². The summed E-state index contributed by atoms with van der Waals surface area (Å²) >= 11 is 0. The van der Waals surface area contributed by atoms with Gasteiger partial charge in [-0.25, -0.2) is 4.79 Å². The van der Waals surface area contributed by atoms with Gasteiger partial charge in [-0.05, 0) is 32.3 Å². The first-order valence-corrected chi connectivity index (χ1v) is 7.26. The molecule has 3 amide bonds. The van der Waals surface area contributed by atoms with E-state index in [4.69, 9.17) is 0 Å². The van der Waals surface area contributed by atoms with Crippen LogP contribution in [0.2, 0.25) is 0 Å². The molecule has 2 N–H and O–H groups in total. The Balaban J connectivity index is 1.67. The lowest BCUT2D eigenvalue weighted by Gasteiger charge is -2.15.